The first-order valence-corrected chi connectivity index (χ1v) is 4.71. The molecule has 4 heteroatoms. The third-order valence-electron chi connectivity index (χ3n) is 1.94. The summed E-state index contributed by atoms with van der Waals surface area (Å²) in [6.07, 6.45) is 0. The molecule has 0 aliphatic rings. The number of amidine groups is 1. The van der Waals surface area contributed by atoms with Gasteiger partial charge in [0.25, 0.3) is 0 Å². The van der Waals surface area contributed by atoms with Gasteiger partial charge in [-0.3, -0.25) is 4.99 Å². The lowest BCUT2D eigenvalue weighted by Gasteiger charge is -2.04. The summed E-state index contributed by atoms with van der Waals surface area (Å²) in [6, 6.07) is 7.50. The Labute approximate surface area is 89.7 Å². The number of hydrogen-bond donors (Lipinski definition) is 1. The molecule has 0 radical (unpaired) electrons. The molecule has 0 aliphatic heterocycles. The minimum Gasteiger partial charge on any atom is -0.497 e. The second kappa shape index (κ2) is 6.03. The van der Waals surface area contributed by atoms with E-state index in [9.17, 15) is 0 Å². The third-order valence-corrected chi connectivity index (χ3v) is 1.94. The quantitative estimate of drug-likeness (QED) is 0.447. The van der Waals surface area contributed by atoms with Gasteiger partial charge in [0.15, 0.2) is 0 Å². The van der Waals surface area contributed by atoms with E-state index in [2.05, 4.69) is 4.99 Å². The van der Waals surface area contributed by atoms with Gasteiger partial charge in [-0.15, -0.1) is 0 Å². The Balaban J connectivity index is 2.72. The predicted molar refractivity (Wildman–Crippen MR) is 60.5 cm³/mol. The van der Waals surface area contributed by atoms with Crippen molar-refractivity contribution < 1.29 is 9.47 Å². The molecule has 0 spiro atoms. The highest BCUT2D eigenvalue weighted by atomic mass is 16.5. The average molecular weight is 208 g/mol. The number of nitrogens with two attached hydrogens (primary N) is 1. The van der Waals surface area contributed by atoms with Crippen LogP contribution in [0.3, 0.4) is 0 Å². The van der Waals surface area contributed by atoms with Crippen LogP contribution in [0.4, 0.5) is 0 Å². The summed E-state index contributed by atoms with van der Waals surface area (Å²) in [5, 5.41) is 0. The molecule has 82 valence electrons. The zero-order valence-corrected chi connectivity index (χ0v) is 9.06. The van der Waals surface area contributed by atoms with Crippen LogP contribution in [-0.4, -0.2) is 33.2 Å². The zero-order chi connectivity index (χ0) is 11.1. The summed E-state index contributed by atoms with van der Waals surface area (Å²) in [4.78, 5) is 4.17. The molecule has 1 rings (SSSR count). The molecule has 0 amide bonds. The molecule has 0 aliphatic carbocycles. The van der Waals surface area contributed by atoms with E-state index in [0.29, 0.717) is 19.0 Å². The molecule has 4 nitrogen and oxygen atoms in total. The first kappa shape index (κ1) is 11.5. The smallest absolute Gasteiger partial charge is 0.125 e. The van der Waals surface area contributed by atoms with E-state index in [0.717, 1.165) is 11.3 Å². The van der Waals surface area contributed by atoms with Crippen molar-refractivity contribution in [1.29, 1.82) is 0 Å². The molecule has 15 heavy (non-hydrogen) atoms. The number of nitrogens with zero attached hydrogens (tertiary/aromatic N) is 1. The Hall–Kier alpha value is -1.55. The minimum atomic E-state index is 0.506. The van der Waals surface area contributed by atoms with E-state index in [-0.39, 0.29) is 0 Å². The lowest BCUT2D eigenvalue weighted by molar-refractivity contribution is 0.208. The van der Waals surface area contributed by atoms with Crippen molar-refractivity contribution >= 4 is 5.84 Å². The Kier molecular flexibility index (Phi) is 4.63. The standard InChI is InChI=1S/C11H16N2O2/c1-14-7-6-13-11(12)9-4-3-5-10(8-9)15-2/h3-5,8H,6-7H2,1-2H3,(H2,12,13). The van der Waals surface area contributed by atoms with Crippen LogP contribution >= 0.6 is 0 Å². The maximum atomic E-state index is 5.80. The van der Waals surface area contributed by atoms with Crippen LogP contribution in [0.15, 0.2) is 29.3 Å². The monoisotopic (exact) mass is 208 g/mol. The zero-order valence-electron chi connectivity index (χ0n) is 9.06. The van der Waals surface area contributed by atoms with Crippen molar-refractivity contribution in [3.63, 3.8) is 0 Å². The van der Waals surface area contributed by atoms with Crippen molar-refractivity contribution in [2.24, 2.45) is 10.7 Å². The summed E-state index contributed by atoms with van der Waals surface area (Å²) >= 11 is 0. The number of aliphatic imine (C=N–C) groups is 1. The molecule has 0 saturated heterocycles. The van der Waals surface area contributed by atoms with Gasteiger partial charge in [0.2, 0.25) is 0 Å². The number of methoxy groups -OCH3 is 2. The summed E-state index contributed by atoms with van der Waals surface area (Å²) in [5.41, 5.74) is 6.66. The van der Waals surface area contributed by atoms with Gasteiger partial charge in [-0.05, 0) is 12.1 Å². The van der Waals surface area contributed by atoms with Gasteiger partial charge >= 0.3 is 0 Å². The fraction of sp³-hybridized carbons (Fsp3) is 0.364. The fourth-order valence-electron chi connectivity index (χ4n) is 1.13. The molecule has 0 bridgehead atoms. The van der Waals surface area contributed by atoms with Gasteiger partial charge in [-0.1, -0.05) is 12.1 Å². The number of hydrogen-bond acceptors (Lipinski definition) is 3. The molecular weight excluding hydrogens is 192 g/mol. The Bertz CT molecular complexity index is 337. The average Bonchev–Trinajstić information content (AvgIpc) is 2.29. The topological polar surface area (TPSA) is 56.8 Å². The Morgan fingerprint density at radius 3 is 2.87 bits per heavy atom. The van der Waals surface area contributed by atoms with Gasteiger partial charge in [0.1, 0.15) is 11.6 Å². The van der Waals surface area contributed by atoms with Gasteiger partial charge in [0, 0.05) is 12.7 Å². The van der Waals surface area contributed by atoms with Crippen molar-refractivity contribution in [2.75, 3.05) is 27.4 Å². The van der Waals surface area contributed by atoms with E-state index < -0.39 is 0 Å². The van der Waals surface area contributed by atoms with E-state index in [4.69, 9.17) is 15.2 Å². The van der Waals surface area contributed by atoms with Crippen LogP contribution in [0.1, 0.15) is 5.56 Å². The molecule has 2 N–H and O–H groups in total. The van der Waals surface area contributed by atoms with Crippen LogP contribution in [0, 0.1) is 0 Å². The van der Waals surface area contributed by atoms with E-state index in [1.165, 1.54) is 0 Å². The Morgan fingerprint density at radius 1 is 1.40 bits per heavy atom. The third kappa shape index (κ3) is 3.59. The molecule has 0 saturated carbocycles. The van der Waals surface area contributed by atoms with Crippen molar-refractivity contribution in [2.45, 2.75) is 0 Å². The second-order valence-corrected chi connectivity index (χ2v) is 2.99. The van der Waals surface area contributed by atoms with Crippen molar-refractivity contribution in [3.05, 3.63) is 29.8 Å². The van der Waals surface area contributed by atoms with Crippen molar-refractivity contribution in [1.82, 2.24) is 0 Å². The van der Waals surface area contributed by atoms with E-state index in [1.54, 1.807) is 14.2 Å². The van der Waals surface area contributed by atoms with Crippen LogP contribution in [0.2, 0.25) is 0 Å². The maximum absolute atomic E-state index is 5.80. The van der Waals surface area contributed by atoms with Gasteiger partial charge in [-0.25, -0.2) is 0 Å². The first-order chi connectivity index (χ1) is 7.27. The molecule has 0 heterocycles. The van der Waals surface area contributed by atoms with E-state index >= 15 is 0 Å². The number of ether oxygens (including phenoxy) is 2. The highest BCUT2D eigenvalue weighted by molar-refractivity contribution is 5.97. The first-order valence-electron chi connectivity index (χ1n) is 4.71. The number of benzene rings is 1. The molecule has 0 fully saturated rings. The van der Waals surface area contributed by atoms with Gasteiger partial charge < -0.3 is 15.2 Å². The normalized spacial score (nSPS) is 11.5. The highest BCUT2D eigenvalue weighted by Crippen LogP contribution is 2.11. The summed E-state index contributed by atoms with van der Waals surface area (Å²) in [5.74, 6) is 1.28. The molecular formula is C11H16N2O2. The molecule has 0 unspecified atom stereocenters. The van der Waals surface area contributed by atoms with E-state index in [1.807, 2.05) is 24.3 Å². The van der Waals surface area contributed by atoms with Crippen LogP contribution in [-0.2, 0) is 4.74 Å². The molecule has 1 aromatic rings. The largest absolute Gasteiger partial charge is 0.497 e. The second-order valence-electron chi connectivity index (χ2n) is 2.99. The predicted octanol–water partition coefficient (Wildman–Crippen LogP) is 1.05. The van der Waals surface area contributed by atoms with Crippen LogP contribution in [0.25, 0.3) is 0 Å². The summed E-state index contributed by atoms with van der Waals surface area (Å²) in [6.45, 7) is 1.14. The van der Waals surface area contributed by atoms with Crippen LogP contribution < -0.4 is 10.5 Å². The lowest BCUT2D eigenvalue weighted by Crippen LogP contribution is -2.14. The fourth-order valence-corrected chi connectivity index (χ4v) is 1.13. The number of rotatable bonds is 5. The SMILES string of the molecule is COCCN=C(N)c1cccc(OC)c1. The molecule has 0 aromatic heterocycles. The lowest BCUT2D eigenvalue weighted by atomic mass is 10.2. The van der Waals surface area contributed by atoms with Gasteiger partial charge in [-0.2, -0.15) is 0 Å². The molecule has 1 aromatic carbocycles. The summed E-state index contributed by atoms with van der Waals surface area (Å²) < 4.78 is 9.98. The van der Waals surface area contributed by atoms with Gasteiger partial charge in [0.05, 0.1) is 20.3 Å². The van der Waals surface area contributed by atoms with Crippen LogP contribution in [0.5, 0.6) is 5.75 Å². The highest BCUT2D eigenvalue weighted by Gasteiger charge is 1.99. The maximum Gasteiger partial charge on any atom is 0.125 e. The summed E-state index contributed by atoms with van der Waals surface area (Å²) in [7, 11) is 3.26. The van der Waals surface area contributed by atoms with Crippen molar-refractivity contribution in [3.8, 4) is 5.75 Å². The molecule has 0 atom stereocenters. The minimum absolute atomic E-state index is 0.506. The Morgan fingerprint density at radius 2 is 2.20 bits per heavy atom.